The molecule has 0 unspecified atom stereocenters. The average molecular weight is 278 g/mol. The van der Waals surface area contributed by atoms with Gasteiger partial charge in [-0.3, -0.25) is 4.90 Å². The SMILES string of the molecule is CCCN1CCC(N2C[C@@]3(C)C[C@H]2CC(C)(C)C3)CC1. The number of rotatable bonds is 3. The fraction of sp³-hybridized carbons (Fsp3) is 1.00. The molecule has 2 atom stereocenters. The van der Waals surface area contributed by atoms with Gasteiger partial charge in [-0.2, -0.15) is 0 Å². The van der Waals surface area contributed by atoms with Crippen molar-refractivity contribution in [2.45, 2.75) is 78.3 Å². The van der Waals surface area contributed by atoms with Gasteiger partial charge in [0.25, 0.3) is 0 Å². The minimum Gasteiger partial charge on any atom is -0.303 e. The van der Waals surface area contributed by atoms with E-state index in [9.17, 15) is 0 Å². The normalized spacial score (nSPS) is 39.3. The van der Waals surface area contributed by atoms with E-state index in [1.165, 1.54) is 64.7 Å². The van der Waals surface area contributed by atoms with Crippen molar-refractivity contribution >= 4 is 0 Å². The van der Waals surface area contributed by atoms with Gasteiger partial charge in [-0.15, -0.1) is 0 Å². The number of likely N-dealkylation sites (tertiary alicyclic amines) is 2. The molecule has 20 heavy (non-hydrogen) atoms. The highest BCUT2D eigenvalue weighted by molar-refractivity contribution is 5.04. The van der Waals surface area contributed by atoms with Crippen LogP contribution in [-0.4, -0.2) is 48.1 Å². The van der Waals surface area contributed by atoms with Gasteiger partial charge < -0.3 is 4.90 Å². The Morgan fingerprint density at radius 2 is 1.70 bits per heavy atom. The largest absolute Gasteiger partial charge is 0.303 e. The van der Waals surface area contributed by atoms with Crippen LogP contribution in [0.3, 0.4) is 0 Å². The highest BCUT2D eigenvalue weighted by Gasteiger charge is 2.51. The second-order valence-corrected chi connectivity index (χ2v) is 8.96. The Morgan fingerprint density at radius 1 is 1.00 bits per heavy atom. The Morgan fingerprint density at radius 3 is 2.35 bits per heavy atom. The number of hydrogen-bond acceptors (Lipinski definition) is 2. The zero-order chi connectivity index (χ0) is 14.4. The Balaban J connectivity index is 1.62. The van der Waals surface area contributed by atoms with Crippen molar-refractivity contribution in [2.75, 3.05) is 26.2 Å². The molecule has 2 nitrogen and oxygen atoms in total. The van der Waals surface area contributed by atoms with E-state index in [0.29, 0.717) is 10.8 Å². The van der Waals surface area contributed by atoms with Crippen LogP contribution in [0.1, 0.15) is 66.2 Å². The summed E-state index contributed by atoms with van der Waals surface area (Å²) in [5.74, 6) is 0. The third-order valence-electron chi connectivity index (χ3n) is 6.02. The van der Waals surface area contributed by atoms with Crippen molar-refractivity contribution in [2.24, 2.45) is 10.8 Å². The molecule has 2 heteroatoms. The molecule has 1 aliphatic carbocycles. The molecule has 3 fully saturated rings. The van der Waals surface area contributed by atoms with Crippen LogP contribution < -0.4 is 0 Å². The van der Waals surface area contributed by atoms with Gasteiger partial charge in [-0.25, -0.2) is 0 Å². The summed E-state index contributed by atoms with van der Waals surface area (Å²) in [4.78, 5) is 5.60. The maximum Gasteiger partial charge on any atom is 0.0123 e. The van der Waals surface area contributed by atoms with Crippen molar-refractivity contribution in [1.82, 2.24) is 9.80 Å². The Bertz CT molecular complexity index is 343. The first-order chi connectivity index (χ1) is 9.41. The average Bonchev–Trinajstić information content (AvgIpc) is 2.60. The summed E-state index contributed by atoms with van der Waals surface area (Å²) in [6, 6.07) is 1.76. The first-order valence-corrected chi connectivity index (χ1v) is 8.89. The standard InChI is InChI=1S/C18H34N2/c1-5-8-19-9-6-15(7-10-19)20-14-18(4)12-16(20)11-17(2,3)13-18/h15-16H,5-14H2,1-4H3/t16-,18+/m1/s1. The summed E-state index contributed by atoms with van der Waals surface area (Å²) < 4.78 is 0. The van der Waals surface area contributed by atoms with Gasteiger partial charge in [0, 0.05) is 18.6 Å². The van der Waals surface area contributed by atoms with E-state index in [-0.39, 0.29) is 0 Å². The number of hydrogen-bond donors (Lipinski definition) is 0. The number of nitrogens with zero attached hydrogens (tertiary/aromatic N) is 2. The molecular formula is C18H34N2. The first-order valence-electron chi connectivity index (χ1n) is 8.89. The maximum atomic E-state index is 2.93. The quantitative estimate of drug-likeness (QED) is 0.775. The van der Waals surface area contributed by atoms with E-state index in [0.717, 1.165) is 12.1 Å². The molecular weight excluding hydrogens is 244 g/mol. The van der Waals surface area contributed by atoms with E-state index in [1.807, 2.05) is 0 Å². The van der Waals surface area contributed by atoms with Crippen LogP contribution in [-0.2, 0) is 0 Å². The smallest absolute Gasteiger partial charge is 0.0123 e. The highest BCUT2D eigenvalue weighted by Crippen LogP contribution is 2.53. The van der Waals surface area contributed by atoms with E-state index < -0.39 is 0 Å². The summed E-state index contributed by atoms with van der Waals surface area (Å²) >= 11 is 0. The second-order valence-electron chi connectivity index (χ2n) is 8.96. The lowest BCUT2D eigenvalue weighted by atomic mass is 9.65. The third-order valence-corrected chi connectivity index (χ3v) is 6.02. The Kier molecular flexibility index (Phi) is 3.92. The van der Waals surface area contributed by atoms with Crippen molar-refractivity contribution in [3.63, 3.8) is 0 Å². The molecule has 0 radical (unpaired) electrons. The lowest BCUT2D eigenvalue weighted by Gasteiger charge is -2.42. The minimum atomic E-state index is 0.565. The van der Waals surface area contributed by atoms with Gasteiger partial charge in [0.2, 0.25) is 0 Å². The molecule has 2 heterocycles. The molecule has 0 N–H and O–H groups in total. The zero-order valence-electron chi connectivity index (χ0n) is 14.1. The zero-order valence-corrected chi connectivity index (χ0v) is 14.1. The van der Waals surface area contributed by atoms with Crippen LogP contribution in [0.5, 0.6) is 0 Å². The van der Waals surface area contributed by atoms with Crippen LogP contribution in [0, 0.1) is 10.8 Å². The van der Waals surface area contributed by atoms with E-state index in [4.69, 9.17) is 0 Å². The van der Waals surface area contributed by atoms with Gasteiger partial charge in [0.05, 0.1) is 0 Å². The maximum absolute atomic E-state index is 2.93. The van der Waals surface area contributed by atoms with Crippen molar-refractivity contribution in [3.05, 3.63) is 0 Å². The Labute approximate surface area is 125 Å². The topological polar surface area (TPSA) is 6.48 Å². The molecule has 1 saturated carbocycles. The molecule has 3 aliphatic rings. The molecule has 0 amide bonds. The summed E-state index contributed by atoms with van der Waals surface area (Å²) in [7, 11) is 0. The van der Waals surface area contributed by atoms with Gasteiger partial charge in [-0.05, 0) is 69.0 Å². The minimum absolute atomic E-state index is 0.565. The summed E-state index contributed by atoms with van der Waals surface area (Å²) in [5.41, 5.74) is 1.17. The highest BCUT2D eigenvalue weighted by atomic mass is 15.2. The molecule has 0 aromatic carbocycles. The van der Waals surface area contributed by atoms with E-state index in [2.05, 4.69) is 37.5 Å². The number of piperidine rings is 1. The molecule has 0 spiro atoms. The Hall–Kier alpha value is -0.0800. The monoisotopic (exact) mass is 278 g/mol. The van der Waals surface area contributed by atoms with Crippen LogP contribution in [0.15, 0.2) is 0 Å². The van der Waals surface area contributed by atoms with Gasteiger partial charge in [-0.1, -0.05) is 27.7 Å². The molecule has 2 saturated heterocycles. The molecule has 0 aromatic heterocycles. The predicted octanol–water partition coefficient (Wildman–Crippen LogP) is 3.76. The van der Waals surface area contributed by atoms with Crippen molar-refractivity contribution < 1.29 is 0 Å². The van der Waals surface area contributed by atoms with Crippen molar-refractivity contribution in [3.8, 4) is 0 Å². The number of fused-ring (bicyclic) bond motifs is 2. The molecule has 116 valence electrons. The fourth-order valence-corrected chi connectivity index (χ4v) is 5.72. The van der Waals surface area contributed by atoms with Crippen LogP contribution in [0.2, 0.25) is 0 Å². The van der Waals surface area contributed by atoms with E-state index >= 15 is 0 Å². The van der Waals surface area contributed by atoms with Crippen LogP contribution in [0.25, 0.3) is 0 Å². The third kappa shape index (κ3) is 2.92. The lowest BCUT2D eigenvalue weighted by Crippen LogP contribution is -2.47. The first kappa shape index (κ1) is 14.8. The van der Waals surface area contributed by atoms with Gasteiger partial charge in [0.1, 0.15) is 0 Å². The summed E-state index contributed by atoms with van der Waals surface area (Å²) in [6.07, 6.45) is 8.45. The predicted molar refractivity (Wildman–Crippen MR) is 86.0 cm³/mol. The van der Waals surface area contributed by atoms with E-state index in [1.54, 1.807) is 0 Å². The molecule has 2 aliphatic heterocycles. The van der Waals surface area contributed by atoms with Gasteiger partial charge in [0.15, 0.2) is 0 Å². The second kappa shape index (κ2) is 5.28. The fourth-order valence-electron chi connectivity index (χ4n) is 5.72. The summed E-state index contributed by atoms with van der Waals surface area (Å²) in [5, 5.41) is 0. The van der Waals surface area contributed by atoms with Gasteiger partial charge >= 0.3 is 0 Å². The van der Waals surface area contributed by atoms with Crippen molar-refractivity contribution in [1.29, 1.82) is 0 Å². The molecule has 3 rings (SSSR count). The van der Waals surface area contributed by atoms with Crippen LogP contribution >= 0.6 is 0 Å². The summed E-state index contributed by atoms with van der Waals surface area (Å²) in [6.45, 7) is 15.2. The molecule has 0 aromatic rings. The lowest BCUT2D eigenvalue weighted by molar-refractivity contribution is 0.0830. The van der Waals surface area contributed by atoms with Crippen LogP contribution in [0.4, 0.5) is 0 Å². The molecule has 2 bridgehead atoms.